The van der Waals surface area contributed by atoms with Gasteiger partial charge >= 0.3 is 5.97 Å². The van der Waals surface area contributed by atoms with Crippen molar-refractivity contribution in [3.8, 4) is 0 Å². The molecule has 1 aromatic rings. The number of amides is 1. The van der Waals surface area contributed by atoms with Gasteiger partial charge in [-0.3, -0.25) is 14.5 Å². The molecule has 0 radical (unpaired) electrons. The fraction of sp³-hybridized carbons (Fsp3) is 0.471. The number of aliphatic hydroxyl groups is 1. The highest BCUT2D eigenvalue weighted by Crippen LogP contribution is 2.25. The van der Waals surface area contributed by atoms with Gasteiger partial charge in [-0.05, 0) is 19.4 Å². The molecule has 0 fully saturated rings. The predicted molar refractivity (Wildman–Crippen MR) is 86.8 cm³/mol. The highest BCUT2D eigenvalue weighted by atomic mass is 16.5. The number of esters is 1. The summed E-state index contributed by atoms with van der Waals surface area (Å²) >= 11 is 0. The number of carbonyl (C=O) groups is 2. The number of nitrogens with zero attached hydrogens (tertiary/aromatic N) is 2. The van der Waals surface area contributed by atoms with E-state index < -0.39 is 24.2 Å². The number of benzene rings is 1. The van der Waals surface area contributed by atoms with Gasteiger partial charge in [0.05, 0.1) is 19.1 Å². The number of rotatable bonds is 7. The maximum absolute atomic E-state index is 12.4. The molecule has 1 aliphatic rings. The third-order valence-electron chi connectivity index (χ3n) is 3.61. The highest BCUT2D eigenvalue weighted by Gasteiger charge is 2.44. The summed E-state index contributed by atoms with van der Waals surface area (Å²) in [6, 6.07) is 9.45. The van der Waals surface area contributed by atoms with Crippen molar-refractivity contribution in [3.63, 3.8) is 0 Å². The highest BCUT2D eigenvalue weighted by molar-refractivity contribution is 5.95. The van der Waals surface area contributed by atoms with E-state index in [4.69, 9.17) is 9.47 Å². The van der Waals surface area contributed by atoms with Crippen LogP contribution in [0.3, 0.4) is 0 Å². The third-order valence-corrected chi connectivity index (χ3v) is 3.61. The van der Waals surface area contributed by atoms with E-state index in [0.29, 0.717) is 0 Å². The molecule has 0 saturated carbocycles. The molecule has 0 spiro atoms. The molecule has 0 aliphatic carbocycles. The van der Waals surface area contributed by atoms with Gasteiger partial charge < -0.3 is 14.6 Å². The summed E-state index contributed by atoms with van der Waals surface area (Å²) < 4.78 is 10.4. The summed E-state index contributed by atoms with van der Waals surface area (Å²) in [6.07, 6.45) is 0.903. The minimum atomic E-state index is -1.98. The summed E-state index contributed by atoms with van der Waals surface area (Å²) in [7, 11) is 0. The summed E-state index contributed by atoms with van der Waals surface area (Å²) in [5.41, 5.74) is 0.937. The Morgan fingerprint density at radius 2 is 2.08 bits per heavy atom. The molecule has 1 amide bonds. The molecule has 0 aromatic heterocycles. The van der Waals surface area contributed by atoms with E-state index in [9.17, 15) is 14.7 Å². The first-order chi connectivity index (χ1) is 11.5. The van der Waals surface area contributed by atoms with E-state index in [1.54, 1.807) is 13.8 Å². The zero-order valence-electron chi connectivity index (χ0n) is 13.8. The first kappa shape index (κ1) is 18.1. The standard InChI is InChI=1S/C17H22N2O5/c1-3-24-15(20)9-17(22)18-10-13(2)16(21)19(17)12-23-11-14-7-5-4-6-8-14/h4-8,10,13,22H,3,9,11-12H2,1-2H3. The predicted octanol–water partition coefficient (Wildman–Crippen LogP) is 1.31. The molecule has 130 valence electrons. The van der Waals surface area contributed by atoms with E-state index in [2.05, 4.69) is 4.99 Å². The molecule has 2 unspecified atom stereocenters. The Kier molecular flexibility index (Phi) is 6.05. The Labute approximate surface area is 140 Å². The van der Waals surface area contributed by atoms with Crippen LogP contribution in [0.4, 0.5) is 0 Å². The van der Waals surface area contributed by atoms with Crippen LogP contribution in [0.5, 0.6) is 0 Å². The molecule has 2 rings (SSSR count). The quantitative estimate of drug-likeness (QED) is 0.760. The summed E-state index contributed by atoms with van der Waals surface area (Å²) in [5, 5.41) is 10.6. The molecule has 0 saturated heterocycles. The van der Waals surface area contributed by atoms with Crippen LogP contribution in [0.2, 0.25) is 0 Å². The van der Waals surface area contributed by atoms with Gasteiger partial charge in [0.1, 0.15) is 13.2 Å². The van der Waals surface area contributed by atoms with Gasteiger partial charge in [-0.1, -0.05) is 30.3 Å². The second kappa shape index (κ2) is 8.03. The Morgan fingerprint density at radius 3 is 2.75 bits per heavy atom. The summed E-state index contributed by atoms with van der Waals surface area (Å²) in [6.45, 7) is 3.62. The van der Waals surface area contributed by atoms with Crippen molar-refractivity contribution in [1.82, 2.24) is 4.90 Å². The van der Waals surface area contributed by atoms with Crippen LogP contribution in [-0.4, -0.2) is 47.3 Å². The van der Waals surface area contributed by atoms with Gasteiger partial charge in [0.25, 0.3) is 5.85 Å². The van der Waals surface area contributed by atoms with E-state index in [1.807, 2.05) is 30.3 Å². The maximum atomic E-state index is 12.4. The van der Waals surface area contributed by atoms with Crippen molar-refractivity contribution in [3.05, 3.63) is 35.9 Å². The van der Waals surface area contributed by atoms with Gasteiger partial charge in [0, 0.05) is 6.21 Å². The molecule has 7 heteroatoms. The lowest BCUT2D eigenvalue weighted by Crippen LogP contribution is -2.57. The second-order valence-corrected chi connectivity index (χ2v) is 5.55. The summed E-state index contributed by atoms with van der Waals surface area (Å²) in [4.78, 5) is 29.1. The van der Waals surface area contributed by atoms with E-state index in [1.165, 1.54) is 6.21 Å². The number of ether oxygens (including phenoxy) is 2. The normalized spacial score (nSPS) is 23.4. The monoisotopic (exact) mass is 334 g/mol. The fourth-order valence-electron chi connectivity index (χ4n) is 2.33. The fourth-order valence-corrected chi connectivity index (χ4v) is 2.33. The van der Waals surface area contributed by atoms with Crippen LogP contribution in [0, 0.1) is 5.92 Å². The second-order valence-electron chi connectivity index (χ2n) is 5.55. The lowest BCUT2D eigenvalue weighted by Gasteiger charge is -2.39. The molecule has 1 aromatic carbocycles. The first-order valence-electron chi connectivity index (χ1n) is 7.83. The van der Waals surface area contributed by atoms with Gasteiger partial charge in [-0.15, -0.1) is 0 Å². The summed E-state index contributed by atoms with van der Waals surface area (Å²) in [5.74, 6) is -3.46. The van der Waals surface area contributed by atoms with Crippen molar-refractivity contribution in [2.24, 2.45) is 10.9 Å². The lowest BCUT2D eigenvalue weighted by atomic mass is 10.1. The van der Waals surface area contributed by atoms with Gasteiger partial charge in [0.2, 0.25) is 5.91 Å². The number of carbonyl (C=O) groups excluding carboxylic acids is 2. The smallest absolute Gasteiger partial charge is 0.312 e. The minimum Gasteiger partial charge on any atom is -0.466 e. The van der Waals surface area contributed by atoms with Crippen LogP contribution < -0.4 is 0 Å². The molecule has 7 nitrogen and oxygen atoms in total. The zero-order chi connectivity index (χ0) is 17.6. The van der Waals surface area contributed by atoms with Crippen molar-refractivity contribution in [2.45, 2.75) is 32.7 Å². The van der Waals surface area contributed by atoms with Crippen LogP contribution in [-0.2, 0) is 25.7 Å². The average molecular weight is 334 g/mol. The Morgan fingerprint density at radius 1 is 1.38 bits per heavy atom. The van der Waals surface area contributed by atoms with Crippen LogP contribution in [0.1, 0.15) is 25.8 Å². The number of hydrogen-bond donors (Lipinski definition) is 1. The Bertz CT molecular complexity index is 604. The Balaban J connectivity index is 2.05. The number of aliphatic imine (C=N–C) groups is 1. The molecule has 1 aliphatic heterocycles. The number of hydrogen-bond acceptors (Lipinski definition) is 6. The molecular weight excluding hydrogens is 312 g/mol. The molecule has 1 N–H and O–H groups in total. The Hall–Kier alpha value is -2.25. The molecular formula is C17H22N2O5. The van der Waals surface area contributed by atoms with Crippen LogP contribution >= 0.6 is 0 Å². The van der Waals surface area contributed by atoms with E-state index >= 15 is 0 Å². The van der Waals surface area contributed by atoms with Gasteiger partial charge in [0.15, 0.2) is 0 Å². The molecule has 24 heavy (non-hydrogen) atoms. The average Bonchev–Trinajstić information content (AvgIpc) is 2.56. The third kappa shape index (κ3) is 4.39. The topological polar surface area (TPSA) is 88.4 Å². The van der Waals surface area contributed by atoms with Crippen molar-refractivity contribution < 1.29 is 24.2 Å². The first-order valence-corrected chi connectivity index (χ1v) is 7.83. The van der Waals surface area contributed by atoms with Crippen LogP contribution in [0.15, 0.2) is 35.3 Å². The minimum absolute atomic E-state index is 0.175. The van der Waals surface area contributed by atoms with E-state index in [-0.39, 0.29) is 25.9 Å². The SMILES string of the molecule is CCOC(=O)CC1(O)N=CC(C)C(=O)N1COCc1ccccc1. The maximum Gasteiger partial charge on any atom is 0.312 e. The van der Waals surface area contributed by atoms with Crippen molar-refractivity contribution in [2.75, 3.05) is 13.3 Å². The van der Waals surface area contributed by atoms with Crippen molar-refractivity contribution >= 4 is 18.1 Å². The van der Waals surface area contributed by atoms with Gasteiger partial charge in [-0.25, -0.2) is 4.99 Å². The molecule has 0 bridgehead atoms. The lowest BCUT2D eigenvalue weighted by molar-refractivity contribution is -0.188. The molecule has 1 heterocycles. The van der Waals surface area contributed by atoms with Gasteiger partial charge in [-0.2, -0.15) is 0 Å². The zero-order valence-corrected chi connectivity index (χ0v) is 13.8. The largest absolute Gasteiger partial charge is 0.466 e. The molecule has 2 atom stereocenters. The van der Waals surface area contributed by atoms with Crippen molar-refractivity contribution in [1.29, 1.82) is 0 Å². The van der Waals surface area contributed by atoms with Crippen LogP contribution in [0.25, 0.3) is 0 Å². The van der Waals surface area contributed by atoms with E-state index in [0.717, 1.165) is 10.5 Å².